The monoisotopic (exact) mass is 507 g/mol. The Bertz CT molecular complexity index is 1150. The first-order valence-electron chi connectivity index (χ1n) is 12.1. The minimum Gasteiger partial charge on any atom is -0.484 e. The molecule has 0 aliphatic carbocycles. The maximum absolute atomic E-state index is 12.2. The standard InChI is InChI=1S/C28H33N3O2S2/c1-4-5-6-22-7-11-25(12-8-22)31-20(2)17-24(21(31)3)18-29-30-27(32)19-33-26-13-9-23(10-14-26)28-34-15-16-35-28/h7-14,17-18,28H,4-6,15-16,19H2,1-3H3,(H,30,32)/b29-18-. The van der Waals surface area contributed by atoms with Gasteiger partial charge < -0.3 is 9.30 Å². The van der Waals surface area contributed by atoms with E-state index in [2.05, 4.69) is 78.3 Å². The van der Waals surface area contributed by atoms with Crippen LogP contribution in [0.25, 0.3) is 5.69 Å². The molecule has 0 atom stereocenters. The molecule has 1 fully saturated rings. The highest BCUT2D eigenvalue weighted by molar-refractivity contribution is 8.19. The number of aromatic nitrogens is 1. The number of carbonyl (C=O) groups is 1. The Morgan fingerprint density at radius 2 is 1.83 bits per heavy atom. The lowest BCUT2D eigenvalue weighted by Crippen LogP contribution is -2.24. The van der Waals surface area contributed by atoms with Gasteiger partial charge in [0, 0.05) is 34.1 Å². The summed E-state index contributed by atoms with van der Waals surface area (Å²) in [7, 11) is 0. The molecule has 1 N–H and O–H groups in total. The summed E-state index contributed by atoms with van der Waals surface area (Å²) in [6, 6.07) is 18.8. The van der Waals surface area contributed by atoms with Crippen LogP contribution in [0.2, 0.25) is 0 Å². The van der Waals surface area contributed by atoms with E-state index in [4.69, 9.17) is 4.74 Å². The smallest absolute Gasteiger partial charge is 0.277 e. The normalized spacial score (nSPS) is 14.0. The van der Waals surface area contributed by atoms with Gasteiger partial charge in [-0.2, -0.15) is 5.10 Å². The zero-order valence-electron chi connectivity index (χ0n) is 20.6. The highest BCUT2D eigenvalue weighted by Crippen LogP contribution is 2.45. The van der Waals surface area contributed by atoms with Crippen molar-refractivity contribution in [1.82, 2.24) is 9.99 Å². The number of amides is 1. The van der Waals surface area contributed by atoms with E-state index in [0.29, 0.717) is 10.3 Å². The maximum Gasteiger partial charge on any atom is 0.277 e. The van der Waals surface area contributed by atoms with Crippen LogP contribution in [0.1, 0.15) is 52.4 Å². The summed E-state index contributed by atoms with van der Waals surface area (Å²) < 4.78 is 8.34. The summed E-state index contributed by atoms with van der Waals surface area (Å²) in [4.78, 5) is 12.2. The predicted octanol–water partition coefficient (Wildman–Crippen LogP) is 6.44. The van der Waals surface area contributed by atoms with Gasteiger partial charge in [-0.1, -0.05) is 37.6 Å². The second-order valence-electron chi connectivity index (χ2n) is 8.66. The minimum absolute atomic E-state index is 0.0764. The molecular formula is C28H33N3O2S2. The lowest BCUT2D eigenvalue weighted by Gasteiger charge is -2.10. The van der Waals surface area contributed by atoms with Crippen molar-refractivity contribution in [3.05, 3.63) is 82.7 Å². The molecule has 1 saturated heterocycles. The summed E-state index contributed by atoms with van der Waals surface area (Å²) in [5.74, 6) is 2.79. The van der Waals surface area contributed by atoms with E-state index in [1.165, 1.54) is 35.5 Å². The molecule has 2 aromatic carbocycles. The van der Waals surface area contributed by atoms with Gasteiger partial charge in [0.25, 0.3) is 5.91 Å². The molecule has 0 unspecified atom stereocenters. The van der Waals surface area contributed by atoms with Crippen LogP contribution in [-0.2, 0) is 11.2 Å². The van der Waals surface area contributed by atoms with Gasteiger partial charge in [-0.05, 0) is 68.1 Å². The summed E-state index contributed by atoms with van der Waals surface area (Å²) in [6.07, 6.45) is 5.22. The summed E-state index contributed by atoms with van der Waals surface area (Å²) in [5, 5.41) is 4.15. The Morgan fingerprint density at radius 3 is 2.51 bits per heavy atom. The number of aryl methyl sites for hydroxylation is 2. The predicted molar refractivity (Wildman–Crippen MR) is 149 cm³/mol. The average Bonchev–Trinajstić information content (AvgIpc) is 3.50. The molecule has 7 heteroatoms. The first-order valence-corrected chi connectivity index (χ1v) is 14.2. The Hall–Kier alpha value is -2.64. The third-order valence-corrected chi connectivity index (χ3v) is 9.13. The highest BCUT2D eigenvalue weighted by Gasteiger charge is 2.18. The number of nitrogens with one attached hydrogen (secondary N) is 1. The van der Waals surface area contributed by atoms with Crippen LogP contribution < -0.4 is 10.2 Å². The third kappa shape index (κ3) is 6.73. The molecular weight excluding hydrogens is 474 g/mol. The molecule has 0 spiro atoms. The van der Waals surface area contributed by atoms with Crippen LogP contribution in [0, 0.1) is 13.8 Å². The number of hydrogen-bond acceptors (Lipinski definition) is 5. The van der Waals surface area contributed by atoms with Crippen LogP contribution >= 0.6 is 23.5 Å². The number of hydrazone groups is 1. The molecule has 35 heavy (non-hydrogen) atoms. The van der Waals surface area contributed by atoms with Gasteiger partial charge in [0.15, 0.2) is 6.61 Å². The van der Waals surface area contributed by atoms with Gasteiger partial charge in [0.2, 0.25) is 0 Å². The van der Waals surface area contributed by atoms with Gasteiger partial charge in [-0.15, -0.1) is 23.5 Å². The van der Waals surface area contributed by atoms with Crippen molar-refractivity contribution >= 4 is 35.6 Å². The van der Waals surface area contributed by atoms with Crippen molar-refractivity contribution in [3.8, 4) is 11.4 Å². The van der Waals surface area contributed by atoms with Gasteiger partial charge in [0.1, 0.15) is 5.75 Å². The van der Waals surface area contributed by atoms with Crippen molar-refractivity contribution in [2.45, 2.75) is 44.6 Å². The number of nitrogens with zero attached hydrogens (tertiary/aromatic N) is 2. The first kappa shape index (κ1) is 25.5. The summed E-state index contributed by atoms with van der Waals surface area (Å²) in [6.45, 7) is 6.29. The molecule has 1 amide bonds. The van der Waals surface area contributed by atoms with Crippen LogP contribution in [0.5, 0.6) is 5.75 Å². The van der Waals surface area contributed by atoms with Crippen molar-refractivity contribution < 1.29 is 9.53 Å². The molecule has 4 rings (SSSR count). The lowest BCUT2D eigenvalue weighted by atomic mass is 10.1. The van der Waals surface area contributed by atoms with Gasteiger partial charge >= 0.3 is 0 Å². The number of benzene rings is 2. The Morgan fingerprint density at radius 1 is 1.11 bits per heavy atom. The van der Waals surface area contributed by atoms with Crippen LogP contribution in [0.3, 0.4) is 0 Å². The van der Waals surface area contributed by atoms with Crippen LogP contribution in [0.4, 0.5) is 0 Å². The molecule has 1 aliphatic rings. The number of unbranched alkanes of at least 4 members (excludes halogenated alkanes) is 1. The van der Waals surface area contributed by atoms with Crippen molar-refractivity contribution in [2.75, 3.05) is 18.1 Å². The molecule has 1 aromatic heterocycles. The fourth-order valence-electron chi connectivity index (χ4n) is 4.14. The zero-order chi connectivity index (χ0) is 24.6. The average molecular weight is 508 g/mol. The fourth-order valence-corrected chi connectivity index (χ4v) is 6.99. The molecule has 3 aromatic rings. The maximum atomic E-state index is 12.2. The molecule has 5 nitrogen and oxygen atoms in total. The van der Waals surface area contributed by atoms with E-state index < -0.39 is 0 Å². The highest BCUT2D eigenvalue weighted by atomic mass is 32.2. The van der Waals surface area contributed by atoms with Gasteiger partial charge in [0.05, 0.1) is 10.8 Å². The lowest BCUT2D eigenvalue weighted by molar-refractivity contribution is -0.123. The Kier molecular flexibility index (Phi) is 8.99. The first-order chi connectivity index (χ1) is 17.0. The van der Waals surface area contributed by atoms with E-state index in [1.54, 1.807) is 6.21 Å². The minimum atomic E-state index is -0.288. The molecule has 0 bridgehead atoms. The second-order valence-corrected chi connectivity index (χ2v) is 11.4. The molecule has 0 saturated carbocycles. The molecule has 184 valence electrons. The number of ether oxygens (including phenoxy) is 1. The van der Waals surface area contributed by atoms with Gasteiger partial charge in [-0.3, -0.25) is 4.79 Å². The van der Waals surface area contributed by atoms with Crippen LogP contribution in [0.15, 0.2) is 59.7 Å². The largest absolute Gasteiger partial charge is 0.484 e. The topological polar surface area (TPSA) is 55.6 Å². The van der Waals surface area contributed by atoms with E-state index in [1.807, 2.05) is 35.7 Å². The summed E-state index contributed by atoms with van der Waals surface area (Å²) in [5.41, 5.74) is 9.54. The number of rotatable bonds is 10. The van der Waals surface area contributed by atoms with E-state index in [0.717, 1.165) is 29.1 Å². The van der Waals surface area contributed by atoms with Gasteiger partial charge in [-0.25, -0.2) is 5.43 Å². The number of thioether (sulfide) groups is 2. The number of hydrogen-bond donors (Lipinski definition) is 1. The third-order valence-electron chi connectivity index (χ3n) is 6.02. The molecule has 0 radical (unpaired) electrons. The van der Waals surface area contributed by atoms with E-state index >= 15 is 0 Å². The van der Waals surface area contributed by atoms with Crippen molar-refractivity contribution in [1.29, 1.82) is 0 Å². The van der Waals surface area contributed by atoms with Crippen molar-refractivity contribution in [3.63, 3.8) is 0 Å². The quantitative estimate of drug-likeness (QED) is 0.253. The Balaban J connectivity index is 1.30. The zero-order valence-corrected chi connectivity index (χ0v) is 22.3. The van der Waals surface area contributed by atoms with E-state index in [9.17, 15) is 4.79 Å². The van der Waals surface area contributed by atoms with Crippen LogP contribution in [-0.4, -0.2) is 34.8 Å². The molecule has 1 aliphatic heterocycles. The fraction of sp³-hybridized carbons (Fsp3) is 0.357. The summed E-state index contributed by atoms with van der Waals surface area (Å²) >= 11 is 3.94. The number of carbonyl (C=O) groups excluding carboxylic acids is 1. The Labute approximate surface area is 216 Å². The second kappa shape index (κ2) is 12.4. The molecule has 2 heterocycles. The van der Waals surface area contributed by atoms with E-state index in [-0.39, 0.29) is 12.5 Å². The SMILES string of the molecule is CCCCc1ccc(-n2c(C)cc(/C=N\NC(=O)COc3ccc(C4SCCS4)cc3)c2C)cc1. The van der Waals surface area contributed by atoms with Crippen molar-refractivity contribution in [2.24, 2.45) is 5.10 Å².